The number of hydrogen-bond acceptors (Lipinski definition) is 7. The summed E-state index contributed by atoms with van der Waals surface area (Å²) >= 11 is 0. The van der Waals surface area contributed by atoms with Crippen LogP contribution in [0.25, 0.3) is 22.5 Å². The molecule has 0 spiro atoms. The van der Waals surface area contributed by atoms with E-state index in [-0.39, 0.29) is 11.5 Å². The molecule has 5 aromatic rings. The minimum atomic E-state index is -0.668. The van der Waals surface area contributed by atoms with E-state index in [9.17, 15) is 14.0 Å². The van der Waals surface area contributed by atoms with Crippen molar-refractivity contribution in [3.05, 3.63) is 95.4 Å². The van der Waals surface area contributed by atoms with Crippen molar-refractivity contribution in [3.8, 4) is 22.9 Å². The Morgan fingerprint density at radius 3 is 2.38 bits per heavy atom. The van der Waals surface area contributed by atoms with Crippen LogP contribution in [0.2, 0.25) is 0 Å². The predicted molar refractivity (Wildman–Crippen MR) is 145 cm³/mol. The molecular weight excluding hydrogens is 503 g/mol. The van der Waals surface area contributed by atoms with Gasteiger partial charge < -0.3 is 15.2 Å². The highest BCUT2D eigenvalue weighted by Crippen LogP contribution is 2.27. The van der Waals surface area contributed by atoms with Crippen LogP contribution < -0.4 is 21.5 Å². The number of amides is 1. The van der Waals surface area contributed by atoms with Crippen molar-refractivity contribution in [3.63, 3.8) is 0 Å². The molecule has 0 unspecified atom stereocenters. The first kappa shape index (κ1) is 25.5. The van der Waals surface area contributed by atoms with E-state index in [4.69, 9.17) is 15.2 Å². The van der Waals surface area contributed by atoms with E-state index in [0.29, 0.717) is 34.1 Å². The Morgan fingerprint density at radius 2 is 1.67 bits per heavy atom. The van der Waals surface area contributed by atoms with Gasteiger partial charge in [0.25, 0.3) is 0 Å². The molecule has 3 N–H and O–H groups in total. The largest absolute Gasteiger partial charge is 0.457 e. The maximum atomic E-state index is 13.8. The third-order valence-electron chi connectivity index (χ3n) is 5.53. The number of rotatable bonds is 5. The van der Waals surface area contributed by atoms with E-state index < -0.39 is 23.2 Å². The van der Waals surface area contributed by atoms with Crippen molar-refractivity contribution in [2.24, 2.45) is 0 Å². The van der Waals surface area contributed by atoms with Gasteiger partial charge in [-0.2, -0.15) is 0 Å². The van der Waals surface area contributed by atoms with E-state index in [1.165, 1.54) is 27.6 Å². The predicted octanol–water partition coefficient (Wildman–Crippen LogP) is 5.43. The summed E-state index contributed by atoms with van der Waals surface area (Å²) in [6.45, 7) is 5.30. The number of fused-ring (bicyclic) bond motifs is 1. The van der Waals surface area contributed by atoms with Crippen molar-refractivity contribution in [2.45, 2.75) is 26.4 Å². The van der Waals surface area contributed by atoms with Crippen LogP contribution in [-0.4, -0.2) is 30.8 Å². The summed E-state index contributed by atoms with van der Waals surface area (Å²) in [5.74, 6) is 0.489. The average Bonchev–Trinajstić information content (AvgIpc) is 3.16. The Labute approximate surface area is 222 Å². The lowest BCUT2D eigenvalue weighted by molar-refractivity contribution is 0.0636. The van der Waals surface area contributed by atoms with Crippen LogP contribution in [0, 0.1) is 5.82 Å². The Hall–Kier alpha value is -5.19. The normalized spacial score (nSPS) is 11.4. The first-order valence-electron chi connectivity index (χ1n) is 12.0. The van der Waals surface area contributed by atoms with Crippen LogP contribution in [0.15, 0.2) is 83.9 Å². The Balaban J connectivity index is 1.54. The summed E-state index contributed by atoms with van der Waals surface area (Å²) in [5.41, 5.74) is 7.03. The highest BCUT2D eigenvalue weighted by molar-refractivity contribution is 5.87. The fourth-order valence-corrected chi connectivity index (χ4v) is 3.99. The van der Waals surface area contributed by atoms with Gasteiger partial charge in [-0.1, -0.05) is 12.1 Å². The van der Waals surface area contributed by atoms with Gasteiger partial charge in [-0.05, 0) is 75.4 Å². The average molecular weight is 529 g/mol. The number of nitrogens with two attached hydrogens (primary N) is 1. The van der Waals surface area contributed by atoms with E-state index in [2.05, 4.69) is 15.3 Å². The number of nitrogens with one attached hydrogen (secondary N) is 1. The maximum Gasteiger partial charge on any atom is 0.412 e. The molecule has 11 heteroatoms. The molecule has 0 saturated carbocycles. The molecule has 3 aromatic carbocycles. The molecule has 0 radical (unpaired) electrons. The van der Waals surface area contributed by atoms with Gasteiger partial charge in [0.1, 0.15) is 34.8 Å². The second kappa shape index (κ2) is 9.93. The zero-order valence-electron chi connectivity index (χ0n) is 21.4. The summed E-state index contributed by atoms with van der Waals surface area (Å²) in [7, 11) is 0. The molecular formula is C28H25FN6O4. The SMILES string of the molecule is CC(C)(C)OC(=O)Nc1cccc(-n2c(=O)n(-c3ccc(Oc4cccc(F)c4)cc3)c3c(N)ncnc32)c1. The van der Waals surface area contributed by atoms with Gasteiger partial charge in [-0.3, -0.25) is 9.88 Å². The molecule has 1 amide bonds. The second-order valence-electron chi connectivity index (χ2n) is 9.62. The van der Waals surface area contributed by atoms with Crippen molar-refractivity contribution in [1.29, 1.82) is 0 Å². The number of nitrogens with zero attached hydrogens (tertiary/aromatic N) is 4. The molecule has 0 bridgehead atoms. The number of carbonyl (C=O) groups excluding carboxylic acids is 1. The molecule has 10 nitrogen and oxygen atoms in total. The zero-order valence-corrected chi connectivity index (χ0v) is 21.4. The van der Waals surface area contributed by atoms with Crippen LogP contribution in [-0.2, 0) is 4.74 Å². The Kier molecular flexibility index (Phi) is 6.48. The van der Waals surface area contributed by atoms with Crippen LogP contribution in [0.4, 0.5) is 20.7 Å². The number of nitrogen functional groups attached to an aromatic ring is 1. The molecule has 39 heavy (non-hydrogen) atoms. The molecule has 0 saturated heterocycles. The number of ether oxygens (including phenoxy) is 2. The lowest BCUT2D eigenvalue weighted by Gasteiger charge is -2.19. The summed E-state index contributed by atoms with van der Waals surface area (Å²) in [6, 6.07) is 19.2. The third-order valence-corrected chi connectivity index (χ3v) is 5.53. The highest BCUT2D eigenvalue weighted by Gasteiger charge is 2.21. The van der Waals surface area contributed by atoms with Gasteiger partial charge in [0.2, 0.25) is 0 Å². The minimum absolute atomic E-state index is 0.110. The zero-order chi connectivity index (χ0) is 27.7. The molecule has 5 rings (SSSR count). The number of hydrogen-bond donors (Lipinski definition) is 2. The van der Waals surface area contributed by atoms with Crippen LogP contribution in [0.3, 0.4) is 0 Å². The maximum absolute atomic E-state index is 13.8. The highest BCUT2D eigenvalue weighted by atomic mass is 19.1. The molecule has 0 aliphatic rings. The van der Waals surface area contributed by atoms with Crippen molar-refractivity contribution < 1.29 is 18.7 Å². The van der Waals surface area contributed by atoms with E-state index in [1.54, 1.807) is 81.4 Å². The van der Waals surface area contributed by atoms with Gasteiger partial charge in [0.05, 0.1) is 11.4 Å². The number of carbonyl (C=O) groups is 1. The van der Waals surface area contributed by atoms with E-state index in [0.717, 1.165) is 0 Å². The minimum Gasteiger partial charge on any atom is -0.457 e. The van der Waals surface area contributed by atoms with Gasteiger partial charge in [0.15, 0.2) is 11.5 Å². The van der Waals surface area contributed by atoms with Crippen LogP contribution in [0.1, 0.15) is 20.8 Å². The Bertz CT molecular complexity index is 1740. The quantitative estimate of drug-likeness (QED) is 0.311. The molecule has 0 aliphatic carbocycles. The van der Waals surface area contributed by atoms with Gasteiger partial charge >= 0.3 is 11.8 Å². The fourth-order valence-electron chi connectivity index (χ4n) is 3.99. The molecule has 0 fully saturated rings. The second-order valence-corrected chi connectivity index (χ2v) is 9.62. The fraction of sp³-hybridized carbons (Fsp3) is 0.143. The van der Waals surface area contributed by atoms with Crippen molar-refractivity contribution >= 4 is 28.8 Å². The number of halogens is 1. The van der Waals surface area contributed by atoms with Crippen LogP contribution in [0.5, 0.6) is 11.5 Å². The van der Waals surface area contributed by atoms with Gasteiger partial charge in [0, 0.05) is 11.8 Å². The lowest BCUT2D eigenvalue weighted by atomic mass is 10.2. The smallest absolute Gasteiger partial charge is 0.412 e. The van der Waals surface area contributed by atoms with Gasteiger partial charge in [-0.15, -0.1) is 0 Å². The van der Waals surface area contributed by atoms with Crippen molar-refractivity contribution in [1.82, 2.24) is 19.1 Å². The number of benzene rings is 3. The number of aromatic nitrogens is 4. The summed E-state index contributed by atoms with van der Waals surface area (Å²) in [6.07, 6.45) is 0.651. The molecule has 2 heterocycles. The topological polar surface area (TPSA) is 126 Å². The Morgan fingerprint density at radius 1 is 0.923 bits per heavy atom. The van der Waals surface area contributed by atoms with Gasteiger partial charge in [-0.25, -0.2) is 28.5 Å². The summed E-state index contributed by atoms with van der Waals surface area (Å²) in [4.78, 5) is 34.5. The van der Waals surface area contributed by atoms with Crippen molar-refractivity contribution in [2.75, 3.05) is 11.1 Å². The summed E-state index contributed by atoms with van der Waals surface area (Å²) < 4.78 is 27.3. The monoisotopic (exact) mass is 528 g/mol. The van der Waals surface area contributed by atoms with E-state index in [1.807, 2.05) is 0 Å². The molecule has 2 aromatic heterocycles. The standard InChI is InChI=1S/C28H25FN6O4/c1-28(2,3)39-26(36)33-18-7-5-8-20(15-18)35-25-23(24(30)31-16-32-25)34(27(35)37)19-10-12-21(13-11-19)38-22-9-4-6-17(29)14-22/h4-16H,1-3H3,(H,33,36)(H2,30,31,32). The number of anilines is 2. The third kappa shape index (κ3) is 5.42. The number of imidazole rings is 1. The first-order valence-corrected chi connectivity index (χ1v) is 12.0. The first-order chi connectivity index (χ1) is 18.6. The molecule has 198 valence electrons. The molecule has 0 aliphatic heterocycles. The van der Waals surface area contributed by atoms with E-state index >= 15 is 0 Å². The lowest BCUT2D eigenvalue weighted by Crippen LogP contribution is -2.27. The summed E-state index contributed by atoms with van der Waals surface area (Å²) in [5, 5.41) is 2.68. The molecule has 0 atom stereocenters. The van der Waals surface area contributed by atoms with Crippen LogP contribution >= 0.6 is 0 Å².